The smallest absolute Gasteiger partial charge is 0.00813 e. The van der Waals surface area contributed by atoms with Gasteiger partial charge < -0.3 is 5.32 Å². The lowest BCUT2D eigenvalue weighted by atomic mass is 9.75. The molecule has 1 N–H and O–H groups in total. The summed E-state index contributed by atoms with van der Waals surface area (Å²) in [4.78, 5) is 0. The van der Waals surface area contributed by atoms with Crippen LogP contribution in [0.2, 0.25) is 0 Å². The maximum absolute atomic E-state index is 3.89. The van der Waals surface area contributed by atoms with E-state index in [9.17, 15) is 0 Å². The summed E-state index contributed by atoms with van der Waals surface area (Å²) in [7, 11) is 0. The van der Waals surface area contributed by atoms with Gasteiger partial charge in [0.2, 0.25) is 0 Å². The van der Waals surface area contributed by atoms with Gasteiger partial charge in [-0.05, 0) is 43.1 Å². The summed E-state index contributed by atoms with van der Waals surface area (Å²) in [5.41, 5.74) is 1.53. The third-order valence-electron chi connectivity index (χ3n) is 4.82. The molecule has 2 saturated carbocycles. The summed E-state index contributed by atoms with van der Waals surface area (Å²) in [6.45, 7) is 2.40. The molecule has 1 nitrogen and oxygen atoms in total. The van der Waals surface area contributed by atoms with E-state index in [0.717, 1.165) is 23.9 Å². The third-order valence-corrected chi connectivity index (χ3v) is 4.82. The molecule has 0 bridgehead atoms. The number of hydrogen-bond acceptors (Lipinski definition) is 1. The van der Waals surface area contributed by atoms with Crippen molar-refractivity contribution in [3.8, 4) is 0 Å². The average molecular weight is 243 g/mol. The Labute approximate surface area is 111 Å². The van der Waals surface area contributed by atoms with E-state index < -0.39 is 0 Å². The standard InChI is InChI=1S/C17H25N/c1-13-6-5-9-16(10-13)18-17-11-15(12-17)14-7-3-2-4-8-14/h2-4,7-8,13,15-18H,5-6,9-12H2,1H3. The fourth-order valence-corrected chi connectivity index (χ4v) is 3.67. The summed E-state index contributed by atoms with van der Waals surface area (Å²) < 4.78 is 0. The van der Waals surface area contributed by atoms with Crippen molar-refractivity contribution < 1.29 is 0 Å². The molecule has 2 unspecified atom stereocenters. The Kier molecular flexibility index (Phi) is 3.69. The van der Waals surface area contributed by atoms with Crippen LogP contribution in [0.4, 0.5) is 0 Å². The molecule has 18 heavy (non-hydrogen) atoms. The zero-order valence-corrected chi connectivity index (χ0v) is 11.4. The van der Waals surface area contributed by atoms with Gasteiger partial charge in [-0.1, -0.05) is 50.1 Å². The van der Waals surface area contributed by atoms with Gasteiger partial charge in [0.25, 0.3) is 0 Å². The van der Waals surface area contributed by atoms with E-state index in [2.05, 4.69) is 42.6 Å². The topological polar surface area (TPSA) is 12.0 Å². The minimum absolute atomic E-state index is 0.783. The summed E-state index contributed by atoms with van der Waals surface area (Å²) in [5.74, 6) is 1.74. The van der Waals surface area contributed by atoms with Gasteiger partial charge in [0.05, 0.1) is 0 Å². The van der Waals surface area contributed by atoms with Crippen LogP contribution in [0.25, 0.3) is 0 Å². The molecule has 98 valence electrons. The van der Waals surface area contributed by atoms with Gasteiger partial charge in [-0.2, -0.15) is 0 Å². The molecule has 1 aromatic rings. The first kappa shape index (κ1) is 12.2. The largest absolute Gasteiger partial charge is 0.311 e. The van der Waals surface area contributed by atoms with Crippen LogP contribution in [-0.2, 0) is 0 Å². The number of nitrogens with one attached hydrogen (secondary N) is 1. The van der Waals surface area contributed by atoms with Crippen LogP contribution in [0.5, 0.6) is 0 Å². The molecule has 2 aliphatic rings. The Morgan fingerprint density at radius 1 is 0.944 bits per heavy atom. The van der Waals surface area contributed by atoms with Crippen LogP contribution in [0.1, 0.15) is 56.9 Å². The van der Waals surface area contributed by atoms with E-state index in [1.54, 1.807) is 0 Å². The molecule has 3 rings (SSSR count). The fraction of sp³-hybridized carbons (Fsp3) is 0.647. The highest BCUT2D eigenvalue weighted by Crippen LogP contribution is 2.37. The van der Waals surface area contributed by atoms with Crippen molar-refractivity contribution in [2.24, 2.45) is 5.92 Å². The lowest BCUT2D eigenvalue weighted by molar-refractivity contribution is 0.217. The predicted octanol–water partition coefficient (Wildman–Crippen LogP) is 4.10. The second-order valence-electron chi connectivity index (χ2n) is 6.41. The van der Waals surface area contributed by atoms with Crippen molar-refractivity contribution in [1.82, 2.24) is 5.32 Å². The maximum atomic E-state index is 3.89. The molecule has 2 aliphatic carbocycles. The normalized spacial score (nSPS) is 36.1. The first-order valence-corrected chi connectivity index (χ1v) is 7.62. The first-order chi connectivity index (χ1) is 8.81. The monoisotopic (exact) mass is 243 g/mol. The summed E-state index contributed by atoms with van der Waals surface area (Å²) in [6, 6.07) is 12.6. The molecule has 1 aromatic carbocycles. The third kappa shape index (κ3) is 2.77. The van der Waals surface area contributed by atoms with Crippen LogP contribution in [-0.4, -0.2) is 12.1 Å². The van der Waals surface area contributed by atoms with Gasteiger partial charge in [-0.25, -0.2) is 0 Å². The summed E-state index contributed by atoms with van der Waals surface area (Å²) in [5, 5.41) is 3.89. The summed E-state index contributed by atoms with van der Waals surface area (Å²) in [6.07, 6.45) is 8.34. The summed E-state index contributed by atoms with van der Waals surface area (Å²) >= 11 is 0. The van der Waals surface area contributed by atoms with Crippen LogP contribution in [0.15, 0.2) is 30.3 Å². The Morgan fingerprint density at radius 2 is 1.72 bits per heavy atom. The van der Waals surface area contributed by atoms with Crippen LogP contribution in [0.3, 0.4) is 0 Å². The van der Waals surface area contributed by atoms with Crippen molar-refractivity contribution in [3.63, 3.8) is 0 Å². The minimum Gasteiger partial charge on any atom is -0.311 e. The Morgan fingerprint density at radius 3 is 2.44 bits per heavy atom. The van der Waals surface area contributed by atoms with Gasteiger partial charge in [0, 0.05) is 12.1 Å². The number of benzene rings is 1. The van der Waals surface area contributed by atoms with Crippen LogP contribution < -0.4 is 5.32 Å². The second kappa shape index (κ2) is 5.44. The Balaban J connectivity index is 1.45. The van der Waals surface area contributed by atoms with Crippen molar-refractivity contribution in [1.29, 1.82) is 0 Å². The molecule has 0 aromatic heterocycles. The van der Waals surface area contributed by atoms with E-state index in [0.29, 0.717) is 0 Å². The van der Waals surface area contributed by atoms with Gasteiger partial charge >= 0.3 is 0 Å². The second-order valence-corrected chi connectivity index (χ2v) is 6.41. The van der Waals surface area contributed by atoms with E-state index in [1.807, 2.05) is 0 Å². The van der Waals surface area contributed by atoms with Crippen molar-refractivity contribution in [2.75, 3.05) is 0 Å². The number of hydrogen-bond donors (Lipinski definition) is 1. The molecular formula is C17H25N. The van der Waals surface area contributed by atoms with Gasteiger partial charge in [-0.15, -0.1) is 0 Å². The highest BCUT2D eigenvalue weighted by Gasteiger charge is 2.32. The van der Waals surface area contributed by atoms with Crippen molar-refractivity contribution in [3.05, 3.63) is 35.9 Å². The Hall–Kier alpha value is -0.820. The lowest BCUT2D eigenvalue weighted by Gasteiger charge is -2.40. The molecule has 0 spiro atoms. The van der Waals surface area contributed by atoms with Gasteiger partial charge in [0.1, 0.15) is 0 Å². The highest BCUT2D eigenvalue weighted by atomic mass is 15.0. The molecule has 0 radical (unpaired) electrons. The Bertz CT molecular complexity index is 366. The SMILES string of the molecule is CC1CCCC(NC2CC(c3ccccc3)C2)C1. The number of rotatable bonds is 3. The van der Waals surface area contributed by atoms with Gasteiger partial charge in [-0.3, -0.25) is 0 Å². The van der Waals surface area contributed by atoms with E-state index in [-0.39, 0.29) is 0 Å². The van der Waals surface area contributed by atoms with E-state index in [1.165, 1.54) is 44.1 Å². The van der Waals surface area contributed by atoms with Crippen LogP contribution >= 0.6 is 0 Å². The fourth-order valence-electron chi connectivity index (χ4n) is 3.67. The van der Waals surface area contributed by atoms with E-state index >= 15 is 0 Å². The lowest BCUT2D eigenvalue weighted by Crippen LogP contribution is -2.46. The predicted molar refractivity (Wildman–Crippen MR) is 76.8 cm³/mol. The molecule has 0 amide bonds. The highest BCUT2D eigenvalue weighted by molar-refractivity contribution is 5.22. The molecule has 0 saturated heterocycles. The van der Waals surface area contributed by atoms with Crippen molar-refractivity contribution in [2.45, 2.75) is 63.5 Å². The molecule has 1 heteroatoms. The zero-order valence-electron chi connectivity index (χ0n) is 11.4. The minimum atomic E-state index is 0.783. The molecule has 2 fully saturated rings. The first-order valence-electron chi connectivity index (χ1n) is 7.62. The van der Waals surface area contributed by atoms with Gasteiger partial charge in [0.15, 0.2) is 0 Å². The molecule has 2 atom stereocenters. The van der Waals surface area contributed by atoms with E-state index in [4.69, 9.17) is 0 Å². The average Bonchev–Trinajstić information content (AvgIpc) is 2.34. The quantitative estimate of drug-likeness (QED) is 0.842. The zero-order chi connectivity index (χ0) is 12.4. The maximum Gasteiger partial charge on any atom is 0.00813 e. The molecular weight excluding hydrogens is 218 g/mol. The molecule has 0 aliphatic heterocycles. The van der Waals surface area contributed by atoms with Crippen molar-refractivity contribution >= 4 is 0 Å². The molecule has 0 heterocycles. The van der Waals surface area contributed by atoms with Crippen LogP contribution in [0, 0.1) is 5.92 Å².